The van der Waals surface area contributed by atoms with Crippen LogP contribution in [0.1, 0.15) is 5.56 Å². The van der Waals surface area contributed by atoms with Crippen LogP contribution in [0, 0.1) is 11.6 Å². The average Bonchev–Trinajstić information content (AvgIpc) is 2.85. The fourth-order valence-electron chi connectivity index (χ4n) is 2.05. The molecule has 2 rings (SSSR count). The molecule has 1 aromatic carbocycles. The van der Waals surface area contributed by atoms with Crippen LogP contribution in [0.3, 0.4) is 0 Å². The molecule has 124 valence electrons. The van der Waals surface area contributed by atoms with E-state index in [0.29, 0.717) is 5.96 Å². The Morgan fingerprint density at radius 1 is 1.35 bits per heavy atom. The lowest BCUT2D eigenvalue weighted by atomic mass is 10.2. The van der Waals surface area contributed by atoms with Crippen molar-refractivity contribution in [3.05, 3.63) is 35.4 Å². The number of nitrogens with zero attached hydrogens (tertiary/aromatic N) is 2. The van der Waals surface area contributed by atoms with Gasteiger partial charge >= 0.3 is 6.03 Å². The number of rotatable bonds is 5. The van der Waals surface area contributed by atoms with Gasteiger partial charge < -0.3 is 16.0 Å². The molecule has 1 fully saturated rings. The van der Waals surface area contributed by atoms with Crippen LogP contribution in [0.4, 0.5) is 13.6 Å². The van der Waals surface area contributed by atoms with Gasteiger partial charge in [0.05, 0.1) is 6.54 Å². The summed E-state index contributed by atoms with van der Waals surface area (Å²) < 4.78 is 26.6. The second kappa shape index (κ2) is 7.52. The maximum atomic E-state index is 13.5. The SMILES string of the molecule is CN=C(NCCN1C(=O)CNC1=O)NCc1cc(F)ccc1F. The smallest absolute Gasteiger partial charge is 0.324 e. The number of imide groups is 1. The Morgan fingerprint density at radius 2 is 2.13 bits per heavy atom. The van der Waals surface area contributed by atoms with Crippen molar-refractivity contribution in [2.45, 2.75) is 6.54 Å². The third-order valence-electron chi connectivity index (χ3n) is 3.24. The van der Waals surface area contributed by atoms with E-state index in [9.17, 15) is 18.4 Å². The molecule has 0 bridgehead atoms. The highest BCUT2D eigenvalue weighted by Crippen LogP contribution is 2.09. The monoisotopic (exact) mass is 325 g/mol. The van der Waals surface area contributed by atoms with E-state index in [2.05, 4.69) is 20.9 Å². The molecule has 1 aliphatic rings. The van der Waals surface area contributed by atoms with Gasteiger partial charge in [-0.05, 0) is 18.2 Å². The lowest BCUT2D eigenvalue weighted by Crippen LogP contribution is -2.43. The molecule has 0 radical (unpaired) electrons. The number of hydrogen-bond donors (Lipinski definition) is 3. The van der Waals surface area contributed by atoms with Gasteiger partial charge in [0.15, 0.2) is 5.96 Å². The second-order valence-corrected chi connectivity index (χ2v) is 4.79. The number of carbonyl (C=O) groups excluding carboxylic acids is 2. The molecule has 23 heavy (non-hydrogen) atoms. The van der Waals surface area contributed by atoms with Crippen LogP contribution in [0.5, 0.6) is 0 Å². The number of aliphatic imine (C=N–C) groups is 1. The quantitative estimate of drug-likeness (QED) is 0.410. The summed E-state index contributed by atoms with van der Waals surface area (Å²) in [6.07, 6.45) is 0. The number of carbonyl (C=O) groups is 2. The van der Waals surface area contributed by atoms with Crippen molar-refractivity contribution in [2.24, 2.45) is 4.99 Å². The molecule has 0 unspecified atom stereocenters. The summed E-state index contributed by atoms with van der Waals surface area (Å²) in [6, 6.07) is 2.77. The molecule has 1 saturated heterocycles. The number of benzene rings is 1. The number of urea groups is 1. The van der Waals surface area contributed by atoms with Crippen LogP contribution in [0.15, 0.2) is 23.2 Å². The Balaban J connectivity index is 1.81. The maximum Gasteiger partial charge on any atom is 0.324 e. The largest absolute Gasteiger partial charge is 0.355 e. The Bertz CT molecular complexity index is 620. The summed E-state index contributed by atoms with van der Waals surface area (Å²) in [4.78, 5) is 27.8. The van der Waals surface area contributed by atoms with Gasteiger partial charge in [0, 0.05) is 32.2 Å². The number of halogens is 2. The number of amides is 3. The van der Waals surface area contributed by atoms with Gasteiger partial charge in [-0.15, -0.1) is 0 Å². The van der Waals surface area contributed by atoms with E-state index in [0.717, 1.165) is 23.1 Å². The Labute approximate surface area is 131 Å². The van der Waals surface area contributed by atoms with Gasteiger partial charge in [-0.2, -0.15) is 0 Å². The van der Waals surface area contributed by atoms with Crippen molar-refractivity contribution in [3.63, 3.8) is 0 Å². The molecule has 0 spiro atoms. The summed E-state index contributed by atoms with van der Waals surface area (Å²) in [6.45, 7) is 0.515. The molecule has 1 aromatic rings. The summed E-state index contributed by atoms with van der Waals surface area (Å²) in [5.41, 5.74) is 0.169. The third kappa shape index (κ3) is 4.38. The van der Waals surface area contributed by atoms with Crippen molar-refractivity contribution in [3.8, 4) is 0 Å². The Kier molecular flexibility index (Phi) is 5.45. The third-order valence-corrected chi connectivity index (χ3v) is 3.24. The van der Waals surface area contributed by atoms with E-state index in [-0.39, 0.29) is 37.6 Å². The van der Waals surface area contributed by atoms with Crippen LogP contribution in [0.2, 0.25) is 0 Å². The molecule has 0 aliphatic carbocycles. The zero-order valence-corrected chi connectivity index (χ0v) is 12.5. The minimum atomic E-state index is -0.523. The molecule has 0 aromatic heterocycles. The lowest BCUT2D eigenvalue weighted by Gasteiger charge is -2.15. The zero-order valence-electron chi connectivity index (χ0n) is 12.5. The van der Waals surface area contributed by atoms with Crippen molar-refractivity contribution >= 4 is 17.9 Å². The van der Waals surface area contributed by atoms with Crippen molar-refractivity contribution in [1.82, 2.24) is 20.9 Å². The summed E-state index contributed by atoms with van der Waals surface area (Å²) >= 11 is 0. The van der Waals surface area contributed by atoms with Crippen LogP contribution in [-0.2, 0) is 11.3 Å². The predicted octanol–water partition coefficient (Wildman–Crippen LogP) is 0.182. The second-order valence-electron chi connectivity index (χ2n) is 4.79. The highest BCUT2D eigenvalue weighted by molar-refractivity contribution is 6.01. The summed E-state index contributed by atoms with van der Waals surface area (Å²) in [5, 5.41) is 8.14. The maximum absolute atomic E-state index is 13.5. The molecule has 3 N–H and O–H groups in total. The first-order valence-electron chi connectivity index (χ1n) is 6.98. The molecule has 1 heterocycles. The fourth-order valence-corrected chi connectivity index (χ4v) is 2.05. The van der Waals surface area contributed by atoms with Gasteiger partial charge in [-0.3, -0.25) is 14.7 Å². The minimum Gasteiger partial charge on any atom is -0.355 e. The standard InChI is InChI=1S/C14H17F2N5O2/c1-17-13(18-4-5-21-12(22)8-20-14(21)23)19-7-9-6-10(15)2-3-11(9)16/h2-3,6H,4-5,7-8H2,1H3,(H,20,23)(H2,17,18,19). The number of nitrogens with one attached hydrogen (secondary N) is 3. The predicted molar refractivity (Wildman–Crippen MR) is 79.7 cm³/mol. The van der Waals surface area contributed by atoms with E-state index in [4.69, 9.17) is 0 Å². The summed E-state index contributed by atoms with van der Waals surface area (Å²) in [7, 11) is 1.52. The summed E-state index contributed by atoms with van der Waals surface area (Å²) in [5.74, 6) is -0.985. The molecule has 0 atom stereocenters. The van der Waals surface area contributed by atoms with E-state index in [1.54, 1.807) is 0 Å². The van der Waals surface area contributed by atoms with E-state index in [1.807, 2.05) is 0 Å². The Hall–Kier alpha value is -2.71. The van der Waals surface area contributed by atoms with E-state index < -0.39 is 17.7 Å². The number of guanidine groups is 1. The van der Waals surface area contributed by atoms with Crippen molar-refractivity contribution < 1.29 is 18.4 Å². The zero-order chi connectivity index (χ0) is 16.8. The molecule has 1 aliphatic heterocycles. The number of hydrogen-bond acceptors (Lipinski definition) is 3. The highest BCUT2D eigenvalue weighted by Gasteiger charge is 2.27. The lowest BCUT2D eigenvalue weighted by molar-refractivity contribution is -0.124. The van der Waals surface area contributed by atoms with Crippen LogP contribution >= 0.6 is 0 Å². The first-order valence-corrected chi connectivity index (χ1v) is 6.98. The highest BCUT2D eigenvalue weighted by atomic mass is 19.1. The van der Waals surface area contributed by atoms with Crippen molar-refractivity contribution in [2.75, 3.05) is 26.7 Å². The van der Waals surface area contributed by atoms with Gasteiger partial charge in [0.2, 0.25) is 5.91 Å². The average molecular weight is 325 g/mol. The molecule has 9 heteroatoms. The van der Waals surface area contributed by atoms with E-state index in [1.165, 1.54) is 7.05 Å². The molecule has 3 amide bonds. The van der Waals surface area contributed by atoms with Crippen LogP contribution in [0.25, 0.3) is 0 Å². The van der Waals surface area contributed by atoms with Crippen LogP contribution < -0.4 is 16.0 Å². The van der Waals surface area contributed by atoms with E-state index >= 15 is 0 Å². The molecule has 7 nitrogen and oxygen atoms in total. The van der Waals surface area contributed by atoms with Crippen molar-refractivity contribution in [1.29, 1.82) is 0 Å². The van der Waals surface area contributed by atoms with Crippen LogP contribution in [-0.4, -0.2) is 49.5 Å². The fraction of sp³-hybridized carbons (Fsp3) is 0.357. The van der Waals surface area contributed by atoms with Gasteiger partial charge in [-0.25, -0.2) is 13.6 Å². The first kappa shape index (κ1) is 16.7. The Morgan fingerprint density at radius 3 is 2.78 bits per heavy atom. The molecule has 0 saturated carbocycles. The van der Waals surface area contributed by atoms with Gasteiger partial charge in [0.25, 0.3) is 0 Å². The molecular formula is C14H17F2N5O2. The normalized spacial score (nSPS) is 14.9. The topological polar surface area (TPSA) is 85.8 Å². The minimum absolute atomic E-state index is 0.00462. The first-order chi connectivity index (χ1) is 11.0. The molecular weight excluding hydrogens is 308 g/mol. The van der Waals surface area contributed by atoms with Gasteiger partial charge in [0.1, 0.15) is 11.6 Å². The van der Waals surface area contributed by atoms with Gasteiger partial charge in [-0.1, -0.05) is 0 Å².